The quantitative estimate of drug-likeness (QED) is 0.775. The highest BCUT2D eigenvalue weighted by molar-refractivity contribution is 5.93. The molecule has 1 aromatic carbocycles. The summed E-state index contributed by atoms with van der Waals surface area (Å²) in [6.07, 6.45) is 4.73. The molecule has 1 heterocycles. The zero-order chi connectivity index (χ0) is 20.0. The molecule has 3 rings (SSSR count). The number of nitrogens with one attached hydrogen (secondary N) is 1. The molecule has 2 fully saturated rings. The van der Waals surface area contributed by atoms with Gasteiger partial charge in [0.15, 0.2) is 0 Å². The van der Waals surface area contributed by atoms with E-state index in [-0.39, 0.29) is 17.2 Å². The first-order chi connectivity index (χ1) is 13.5. The summed E-state index contributed by atoms with van der Waals surface area (Å²) < 4.78 is 15.9. The van der Waals surface area contributed by atoms with Gasteiger partial charge in [-0.05, 0) is 30.4 Å². The smallest absolute Gasteiger partial charge is 0.225 e. The van der Waals surface area contributed by atoms with Crippen molar-refractivity contribution in [1.82, 2.24) is 4.90 Å². The average Bonchev–Trinajstić information content (AvgIpc) is 3.16. The summed E-state index contributed by atoms with van der Waals surface area (Å²) in [4.78, 5) is 27.5. The highest BCUT2D eigenvalue weighted by Crippen LogP contribution is 2.45. The van der Waals surface area contributed by atoms with Crippen molar-refractivity contribution in [2.75, 3.05) is 45.8 Å². The van der Waals surface area contributed by atoms with E-state index in [0.717, 1.165) is 25.7 Å². The molecular formula is C21H30N2O5. The fourth-order valence-electron chi connectivity index (χ4n) is 4.22. The molecule has 0 bridgehead atoms. The number of ether oxygens (including phenoxy) is 3. The van der Waals surface area contributed by atoms with E-state index < -0.39 is 0 Å². The van der Waals surface area contributed by atoms with Gasteiger partial charge in [0.25, 0.3) is 0 Å². The molecule has 1 aliphatic carbocycles. The summed E-state index contributed by atoms with van der Waals surface area (Å²) in [5.74, 6) is 1.27. The van der Waals surface area contributed by atoms with Gasteiger partial charge in [-0.3, -0.25) is 9.59 Å². The molecule has 154 valence electrons. The van der Waals surface area contributed by atoms with Crippen LogP contribution in [0.4, 0.5) is 5.69 Å². The molecule has 1 saturated heterocycles. The fourth-order valence-corrected chi connectivity index (χ4v) is 4.22. The molecule has 0 unspecified atom stereocenters. The molecule has 1 N–H and O–H groups in total. The normalized spacial score (nSPS) is 18.6. The molecule has 1 aromatic rings. The highest BCUT2D eigenvalue weighted by atomic mass is 16.5. The van der Waals surface area contributed by atoms with Crippen molar-refractivity contribution in [2.45, 2.75) is 38.5 Å². The van der Waals surface area contributed by atoms with Gasteiger partial charge in [0, 0.05) is 32.0 Å². The van der Waals surface area contributed by atoms with Crippen LogP contribution in [-0.2, 0) is 14.3 Å². The van der Waals surface area contributed by atoms with Gasteiger partial charge in [0.2, 0.25) is 11.8 Å². The van der Waals surface area contributed by atoms with Crippen LogP contribution in [0.1, 0.15) is 38.5 Å². The van der Waals surface area contributed by atoms with Crippen molar-refractivity contribution in [3.8, 4) is 11.5 Å². The van der Waals surface area contributed by atoms with Gasteiger partial charge in [-0.2, -0.15) is 0 Å². The minimum Gasteiger partial charge on any atom is -0.497 e. The van der Waals surface area contributed by atoms with Gasteiger partial charge in [-0.25, -0.2) is 0 Å². The lowest BCUT2D eigenvalue weighted by molar-refractivity contribution is -0.138. The van der Waals surface area contributed by atoms with Crippen LogP contribution in [0, 0.1) is 5.41 Å². The molecule has 0 atom stereocenters. The highest BCUT2D eigenvalue weighted by Gasteiger charge is 2.39. The molecule has 2 amide bonds. The number of amides is 2. The maximum Gasteiger partial charge on any atom is 0.225 e. The lowest BCUT2D eigenvalue weighted by Crippen LogP contribution is -2.43. The maximum absolute atomic E-state index is 12.8. The van der Waals surface area contributed by atoms with Crippen LogP contribution >= 0.6 is 0 Å². The Balaban J connectivity index is 1.65. The van der Waals surface area contributed by atoms with E-state index in [9.17, 15) is 9.59 Å². The van der Waals surface area contributed by atoms with E-state index in [2.05, 4.69) is 5.32 Å². The lowest BCUT2D eigenvalue weighted by Gasteiger charge is -2.33. The Bertz CT molecular complexity index is 694. The number of anilines is 1. The second kappa shape index (κ2) is 9.28. The van der Waals surface area contributed by atoms with E-state index in [4.69, 9.17) is 14.2 Å². The third kappa shape index (κ3) is 4.95. The Morgan fingerprint density at radius 3 is 2.46 bits per heavy atom. The first kappa shape index (κ1) is 20.5. The topological polar surface area (TPSA) is 77.1 Å². The number of hydrogen-bond donors (Lipinski definition) is 1. The number of benzene rings is 1. The molecule has 2 aliphatic rings. The largest absolute Gasteiger partial charge is 0.497 e. The van der Waals surface area contributed by atoms with Gasteiger partial charge < -0.3 is 24.4 Å². The number of carbonyl (C=O) groups excluding carboxylic acids is 2. The van der Waals surface area contributed by atoms with Crippen LogP contribution in [0.2, 0.25) is 0 Å². The summed E-state index contributed by atoms with van der Waals surface area (Å²) in [5, 5.41) is 2.95. The SMILES string of the molecule is COc1ccc(NC(=O)CC2(CC(=O)N3CCOCC3)CCCC2)c(OC)c1. The molecule has 7 heteroatoms. The van der Waals surface area contributed by atoms with Gasteiger partial charge in [0.05, 0.1) is 33.1 Å². The zero-order valence-corrected chi connectivity index (χ0v) is 16.8. The third-order valence-corrected chi connectivity index (χ3v) is 5.77. The van der Waals surface area contributed by atoms with Gasteiger partial charge in [-0.15, -0.1) is 0 Å². The number of carbonyl (C=O) groups is 2. The van der Waals surface area contributed by atoms with Crippen molar-refractivity contribution in [3.05, 3.63) is 18.2 Å². The molecule has 1 aliphatic heterocycles. The van der Waals surface area contributed by atoms with E-state index in [1.54, 1.807) is 32.4 Å². The fraction of sp³-hybridized carbons (Fsp3) is 0.619. The summed E-state index contributed by atoms with van der Waals surface area (Å²) in [5.41, 5.74) is 0.361. The minimum atomic E-state index is -0.251. The molecule has 1 saturated carbocycles. The molecule has 7 nitrogen and oxygen atoms in total. The molecule has 28 heavy (non-hydrogen) atoms. The number of nitrogens with zero attached hydrogens (tertiary/aromatic N) is 1. The van der Waals surface area contributed by atoms with Gasteiger partial charge >= 0.3 is 0 Å². The molecule has 0 spiro atoms. The number of hydrogen-bond acceptors (Lipinski definition) is 5. The van der Waals surface area contributed by atoms with Crippen LogP contribution in [0.3, 0.4) is 0 Å². The molecular weight excluding hydrogens is 360 g/mol. The van der Waals surface area contributed by atoms with Crippen LogP contribution in [0.15, 0.2) is 18.2 Å². The van der Waals surface area contributed by atoms with E-state index in [1.807, 2.05) is 4.90 Å². The van der Waals surface area contributed by atoms with Crippen LogP contribution in [-0.4, -0.2) is 57.2 Å². The summed E-state index contributed by atoms with van der Waals surface area (Å²) in [7, 11) is 3.15. The lowest BCUT2D eigenvalue weighted by atomic mass is 9.78. The Hall–Kier alpha value is -2.28. The van der Waals surface area contributed by atoms with Crippen LogP contribution in [0.25, 0.3) is 0 Å². The minimum absolute atomic E-state index is 0.0832. The van der Waals surface area contributed by atoms with Crippen molar-refractivity contribution in [1.29, 1.82) is 0 Å². The molecule has 0 radical (unpaired) electrons. The van der Waals surface area contributed by atoms with Crippen LogP contribution < -0.4 is 14.8 Å². The number of morpholine rings is 1. The summed E-state index contributed by atoms with van der Waals surface area (Å²) in [6, 6.07) is 5.30. The van der Waals surface area contributed by atoms with E-state index >= 15 is 0 Å². The predicted octanol–water partition coefficient (Wildman–Crippen LogP) is 2.84. The molecule has 0 aromatic heterocycles. The van der Waals surface area contributed by atoms with E-state index in [1.165, 1.54) is 0 Å². The standard InChI is InChI=1S/C21H30N2O5/c1-26-16-5-6-17(18(13-16)27-2)22-19(24)14-21(7-3-4-8-21)15-20(25)23-9-11-28-12-10-23/h5-6,13H,3-4,7-12,14-15H2,1-2H3,(H,22,24). The maximum atomic E-state index is 12.8. The number of methoxy groups -OCH3 is 2. The second-order valence-corrected chi connectivity index (χ2v) is 7.67. The third-order valence-electron chi connectivity index (χ3n) is 5.77. The Morgan fingerprint density at radius 2 is 1.82 bits per heavy atom. The summed E-state index contributed by atoms with van der Waals surface area (Å²) in [6.45, 7) is 2.47. The predicted molar refractivity (Wildman–Crippen MR) is 106 cm³/mol. The van der Waals surface area contributed by atoms with Crippen molar-refractivity contribution < 1.29 is 23.8 Å². The number of rotatable bonds is 7. The Kier molecular flexibility index (Phi) is 6.78. The Morgan fingerprint density at radius 1 is 1.11 bits per heavy atom. The van der Waals surface area contributed by atoms with Crippen LogP contribution in [0.5, 0.6) is 11.5 Å². The Labute approximate surface area is 166 Å². The van der Waals surface area contributed by atoms with Gasteiger partial charge in [0.1, 0.15) is 11.5 Å². The monoisotopic (exact) mass is 390 g/mol. The zero-order valence-electron chi connectivity index (χ0n) is 16.8. The second-order valence-electron chi connectivity index (χ2n) is 7.67. The first-order valence-electron chi connectivity index (χ1n) is 9.93. The van der Waals surface area contributed by atoms with Crippen molar-refractivity contribution in [2.24, 2.45) is 5.41 Å². The van der Waals surface area contributed by atoms with Crippen molar-refractivity contribution in [3.63, 3.8) is 0 Å². The summed E-state index contributed by atoms with van der Waals surface area (Å²) >= 11 is 0. The average molecular weight is 390 g/mol. The first-order valence-corrected chi connectivity index (χ1v) is 9.93. The van der Waals surface area contributed by atoms with E-state index in [0.29, 0.717) is 56.3 Å². The van der Waals surface area contributed by atoms with Gasteiger partial charge in [-0.1, -0.05) is 12.8 Å². The van der Waals surface area contributed by atoms with Crippen molar-refractivity contribution >= 4 is 17.5 Å².